The van der Waals surface area contributed by atoms with Gasteiger partial charge in [0, 0.05) is 23.1 Å². The van der Waals surface area contributed by atoms with Gasteiger partial charge in [-0.1, -0.05) is 15.9 Å². The lowest BCUT2D eigenvalue weighted by atomic mass is 10.2. The van der Waals surface area contributed by atoms with Crippen LogP contribution < -0.4 is 20.3 Å². The Balaban J connectivity index is 1.49. The Bertz CT molecular complexity index is 1350. The number of hydrogen-bond acceptors (Lipinski definition) is 6. The van der Waals surface area contributed by atoms with E-state index in [0.29, 0.717) is 27.6 Å². The van der Waals surface area contributed by atoms with E-state index in [1.165, 1.54) is 19.2 Å². The maximum atomic E-state index is 12.6. The van der Waals surface area contributed by atoms with Crippen molar-refractivity contribution in [3.05, 3.63) is 57.0 Å². The van der Waals surface area contributed by atoms with Gasteiger partial charge in [-0.2, -0.15) is 0 Å². The first kappa shape index (κ1) is 21.5. The lowest BCUT2D eigenvalue weighted by molar-refractivity contribution is -0.115. The van der Waals surface area contributed by atoms with E-state index in [-0.39, 0.29) is 16.2 Å². The quantitative estimate of drug-likeness (QED) is 0.527. The molecule has 1 amide bonds. The Kier molecular flexibility index (Phi) is 5.82. The molecule has 9 nitrogen and oxygen atoms in total. The Morgan fingerprint density at radius 3 is 2.84 bits per heavy atom. The van der Waals surface area contributed by atoms with Crippen molar-refractivity contribution >= 4 is 48.5 Å². The molecule has 11 heteroatoms. The number of halogens is 1. The van der Waals surface area contributed by atoms with Gasteiger partial charge in [0.05, 0.1) is 24.6 Å². The van der Waals surface area contributed by atoms with Crippen molar-refractivity contribution in [3.8, 4) is 5.75 Å². The van der Waals surface area contributed by atoms with Crippen LogP contribution in [0.4, 0.5) is 5.69 Å². The number of nitrogens with zero attached hydrogens (tertiary/aromatic N) is 2. The van der Waals surface area contributed by atoms with Crippen LogP contribution in [0.5, 0.6) is 5.75 Å². The fraction of sp³-hybridized carbons (Fsp3) is 0.250. The number of anilines is 1. The second-order valence-corrected chi connectivity index (χ2v) is 9.64. The molecule has 162 valence electrons. The molecule has 0 spiro atoms. The summed E-state index contributed by atoms with van der Waals surface area (Å²) in [4.78, 5) is 29.3. The van der Waals surface area contributed by atoms with E-state index in [9.17, 15) is 18.0 Å². The van der Waals surface area contributed by atoms with Gasteiger partial charge in [-0.15, -0.1) is 0 Å². The third kappa shape index (κ3) is 4.34. The molecule has 4 rings (SSSR count). The molecule has 0 unspecified atom stereocenters. The van der Waals surface area contributed by atoms with Crippen molar-refractivity contribution in [2.75, 3.05) is 19.0 Å². The smallest absolute Gasteiger partial charge is 0.261 e. The molecule has 2 aromatic carbocycles. The summed E-state index contributed by atoms with van der Waals surface area (Å²) in [6, 6.07) is 9.38. The van der Waals surface area contributed by atoms with Crippen LogP contribution in [0.25, 0.3) is 10.9 Å². The van der Waals surface area contributed by atoms with Crippen molar-refractivity contribution in [1.82, 2.24) is 14.3 Å². The van der Waals surface area contributed by atoms with Crippen molar-refractivity contribution < 1.29 is 17.9 Å². The molecule has 0 atom stereocenters. The summed E-state index contributed by atoms with van der Waals surface area (Å²) in [7, 11) is -2.62. The molecular formula is C20H19BrN4O5S. The molecule has 2 N–H and O–H groups in total. The summed E-state index contributed by atoms with van der Waals surface area (Å²) in [6.07, 6.45) is 1.62. The van der Waals surface area contributed by atoms with E-state index in [0.717, 1.165) is 18.7 Å². The van der Waals surface area contributed by atoms with Crippen molar-refractivity contribution in [3.63, 3.8) is 0 Å². The summed E-state index contributed by atoms with van der Waals surface area (Å²) >= 11 is 3.23. The molecule has 3 aromatic rings. The van der Waals surface area contributed by atoms with Crippen LogP contribution in [0.2, 0.25) is 0 Å². The predicted octanol–water partition coefficient (Wildman–Crippen LogP) is 2.03. The Labute approximate surface area is 186 Å². The lowest BCUT2D eigenvalue weighted by Crippen LogP contribution is -2.33. The van der Waals surface area contributed by atoms with Crippen LogP contribution in [0.3, 0.4) is 0 Å². The molecule has 0 fully saturated rings. The second kappa shape index (κ2) is 8.40. The minimum Gasteiger partial charge on any atom is -0.495 e. The zero-order chi connectivity index (χ0) is 22.2. The summed E-state index contributed by atoms with van der Waals surface area (Å²) in [5, 5.41) is 3.11. The molecular weight excluding hydrogens is 488 g/mol. The van der Waals surface area contributed by atoms with Gasteiger partial charge in [0.2, 0.25) is 15.9 Å². The highest BCUT2D eigenvalue weighted by molar-refractivity contribution is 9.10. The maximum Gasteiger partial charge on any atom is 0.261 e. The van der Waals surface area contributed by atoms with Gasteiger partial charge in [-0.25, -0.2) is 18.1 Å². The molecule has 0 saturated heterocycles. The first-order valence-corrected chi connectivity index (χ1v) is 11.7. The predicted molar refractivity (Wildman–Crippen MR) is 119 cm³/mol. The third-order valence-electron chi connectivity index (χ3n) is 4.94. The number of methoxy groups -OCH3 is 1. The zero-order valence-corrected chi connectivity index (χ0v) is 18.9. The average Bonchev–Trinajstić information content (AvgIpc) is 3.21. The van der Waals surface area contributed by atoms with Gasteiger partial charge in [-0.3, -0.25) is 14.2 Å². The lowest BCUT2D eigenvalue weighted by Gasteiger charge is -2.12. The fourth-order valence-corrected chi connectivity index (χ4v) is 5.15. The molecule has 2 heterocycles. The molecule has 31 heavy (non-hydrogen) atoms. The van der Waals surface area contributed by atoms with Gasteiger partial charge >= 0.3 is 0 Å². The van der Waals surface area contributed by atoms with Crippen LogP contribution in [0.1, 0.15) is 12.2 Å². The van der Waals surface area contributed by atoms with Gasteiger partial charge in [0.1, 0.15) is 16.5 Å². The first-order valence-electron chi connectivity index (χ1n) is 9.45. The maximum absolute atomic E-state index is 12.6. The molecule has 1 aromatic heterocycles. The first-order chi connectivity index (χ1) is 14.8. The van der Waals surface area contributed by atoms with Gasteiger partial charge in [0.25, 0.3) is 5.56 Å². The van der Waals surface area contributed by atoms with E-state index in [1.54, 1.807) is 28.8 Å². The van der Waals surface area contributed by atoms with Crippen molar-refractivity contribution in [2.45, 2.75) is 24.3 Å². The van der Waals surface area contributed by atoms with E-state index in [1.807, 2.05) is 0 Å². The van der Waals surface area contributed by atoms with Crippen molar-refractivity contribution in [2.24, 2.45) is 0 Å². The van der Waals surface area contributed by atoms with Crippen LogP contribution >= 0.6 is 15.9 Å². The Morgan fingerprint density at radius 2 is 2.06 bits per heavy atom. The molecule has 1 aliphatic rings. The number of sulfonamides is 1. The topological polar surface area (TPSA) is 119 Å². The number of hydrogen-bond donors (Lipinski definition) is 2. The SMILES string of the molecule is COc1ccc(Br)cc1S(=O)(=O)NCC(=O)Nc1ccc2c(=O)n3c(nc2c1)CCC3. The molecule has 0 radical (unpaired) electrons. The van der Waals surface area contributed by atoms with Crippen LogP contribution in [0.15, 0.2) is 50.6 Å². The molecule has 0 bridgehead atoms. The van der Waals surface area contributed by atoms with Crippen LogP contribution in [-0.2, 0) is 27.8 Å². The number of rotatable bonds is 6. The van der Waals surface area contributed by atoms with E-state index >= 15 is 0 Å². The van der Waals surface area contributed by atoms with E-state index in [2.05, 4.69) is 31.0 Å². The number of carbonyl (C=O) groups excluding carboxylic acids is 1. The normalized spacial score (nSPS) is 13.2. The number of nitrogens with one attached hydrogen (secondary N) is 2. The highest BCUT2D eigenvalue weighted by Crippen LogP contribution is 2.27. The number of fused-ring (bicyclic) bond motifs is 2. The molecule has 0 aliphatic carbocycles. The van der Waals surface area contributed by atoms with Gasteiger partial charge in [0.15, 0.2) is 0 Å². The average molecular weight is 507 g/mol. The van der Waals surface area contributed by atoms with E-state index in [4.69, 9.17) is 4.74 Å². The monoisotopic (exact) mass is 506 g/mol. The summed E-state index contributed by atoms with van der Waals surface area (Å²) in [5.74, 6) is 0.335. The number of aromatic nitrogens is 2. The summed E-state index contributed by atoms with van der Waals surface area (Å²) in [5.41, 5.74) is 0.827. The Hall–Kier alpha value is -2.76. The van der Waals surface area contributed by atoms with Crippen LogP contribution in [0, 0.1) is 0 Å². The van der Waals surface area contributed by atoms with Gasteiger partial charge in [-0.05, 0) is 42.8 Å². The number of benzene rings is 2. The number of carbonyl (C=O) groups is 1. The number of ether oxygens (including phenoxy) is 1. The van der Waals surface area contributed by atoms with Gasteiger partial charge < -0.3 is 10.1 Å². The van der Waals surface area contributed by atoms with Crippen molar-refractivity contribution in [1.29, 1.82) is 0 Å². The molecule has 1 aliphatic heterocycles. The standard InChI is InChI=1S/C20H19BrN4O5S/c1-30-16-7-4-12(21)9-17(16)31(28,29)22-11-19(26)23-13-5-6-14-15(10-13)24-18-3-2-8-25(18)20(14)27/h4-7,9-10,22H,2-3,8,11H2,1H3,(H,23,26). The fourth-order valence-electron chi connectivity index (χ4n) is 3.47. The number of amides is 1. The summed E-state index contributed by atoms with van der Waals surface area (Å²) < 4.78 is 34.8. The minimum absolute atomic E-state index is 0.0820. The third-order valence-corrected chi connectivity index (χ3v) is 6.85. The largest absolute Gasteiger partial charge is 0.495 e. The highest BCUT2D eigenvalue weighted by Gasteiger charge is 2.21. The van der Waals surface area contributed by atoms with E-state index < -0.39 is 22.5 Å². The zero-order valence-electron chi connectivity index (χ0n) is 16.5. The Morgan fingerprint density at radius 1 is 1.26 bits per heavy atom. The highest BCUT2D eigenvalue weighted by atomic mass is 79.9. The second-order valence-electron chi connectivity index (χ2n) is 6.99. The number of aryl methyl sites for hydroxylation is 1. The summed E-state index contributed by atoms with van der Waals surface area (Å²) in [6.45, 7) is 0.189. The molecule has 0 saturated carbocycles. The van der Waals surface area contributed by atoms with Crippen LogP contribution in [-0.4, -0.2) is 37.5 Å². The minimum atomic E-state index is -3.98.